The highest BCUT2D eigenvalue weighted by molar-refractivity contribution is 8.00. The first kappa shape index (κ1) is 25.1. The molecule has 1 atom stereocenters. The number of amides is 2. The summed E-state index contributed by atoms with van der Waals surface area (Å²) in [6.45, 7) is 3.95. The summed E-state index contributed by atoms with van der Waals surface area (Å²) in [5.74, 6) is 0.311. The third kappa shape index (κ3) is 7.23. The molecule has 6 heteroatoms. The molecule has 0 aliphatic rings. The summed E-state index contributed by atoms with van der Waals surface area (Å²) in [7, 11) is 0. The fraction of sp³-hybridized carbons (Fsp3) is 0.133. The van der Waals surface area contributed by atoms with E-state index in [4.69, 9.17) is 4.74 Å². The molecule has 0 fully saturated rings. The number of carbonyl (C=O) groups excluding carboxylic acids is 2. The molecule has 0 aliphatic carbocycles. The Morgan fingerprint density at radius 1 is 0.750 bits per heavy atom. The SMILES string of the molecule is Cc1cc(C)cc(NC(=O)C(Sc2ccc(NC(=O)COc3ccccc3)cc2)c2ccccc2)c1. The summed E-state index contributed by atoms with van der Waals surface area (Å²) in [6, 6.07) is 32.4. The van der Waals surface area contributed by atoms with Crippen LogP contribution in [0.25, 0.3) is 0 Å². The van der Waals surface area contributed by atoms with E-state index in [2.05, 4.69) is 16.7 Å². The zero-order chi connectivity index (χ0) is 25.3. The zero-order valence-corrected chi connectivity index (χ0v) is 21.0. The van der Waals surface area contributed by atoms with Gasteiger partial charge in [-0.05, 0) is 79.1 Å². The molecule has 0 heterocycles. The van der Waals surface area contributed by atoms with Gasteiger partial charge in [-0.15, -0.1) is 11.8 Å². The number of thioether (sulfide) groups is 1. The predicted molar refractivity (Wildman–Crippen MR) is 147 cm³/mol. The van der Waals surface area contributed by atoms with E-state index in [1.807, 2.05) is 98.8 Å². The average molecular weight is 497 g/mol. The van der Waals surface area contributed by atoms with Gasteiger partial charge in [0.1, 0.15) is 11.0 Å². The van der Waals surface area contributed by atoms with Gasteiger partial charge in [-0.1, -0.05) is 54.6 Å². The van der Waals surface area contributed by atoms with Crippen LogP contribution in [0.5, 0.6) is 5.75 Å². The maximum absolute atomic E-state index is 13.3. The van der Waals surface area contributed by atoms with Gasteiger partial charge in [0.05, 0.1) is 0 Å². The standard InChI is InChI=1S/C30H28N2O3S/c1-21-17-22(2)19-25(18-21)32-30(34)29(23-9-5-3-6-10-23)36-27-15-13-24(14-16-27)31-28(33)20-35-26-11-7-4-8-12-26/h3-19,29H,20H2,1-2H3,(H,31,33)(H,32,34). The van der Waals surface area contributed by atoms with Crippen LogP contribution < -0.4 is 15.4 Å². The van der Waals surface area contributed by atoms with Crippen molar-refractivity contribution in [3.05, 3.63) is 120 Å². The van der Waals surface area contributed by atoms with Crippen molar-refractivity contribution in [3.63, 3.8) is 0 Å². The third-order valence-corrected chi connectivity index (χ3v) is 6.60. The van der Waals surface area contributed by atoms with Crippen molar-refractivity contribution in [2.45, 2.75) is 24.0 Å². The number of nitrogens with one attached hydrogen (secondary N) is 2. The summed E-state index contributed by atoms with van der Waals surface area (Å²) in [6.07, 6.45) is 0. The molecule has 4 aromatic rings. The Bertz CT molecular complexity index is 1290. The highest BCUT2D eigenvalue weighted by atomic mass is 32.2. The van der Waals surface area contributed by atoms with E-state index >= 15 is 0 Å². The highest BCUT2D eigenvalue weighted by Gasteiger charge is 2.22. The molecule has 2 N–H and O–H groups in total. The van der Waals surface area contributed by atoms with Crippen LogP contribution in [0.2, 0.25) is 0 Å². The largest absolute Gasteiger partial charge is 0.484 e. The van der Waals surface area contributed by atoms with Gasteiger partial charge in [0.2, 0.25) is 5.91 Å². The number of hydrogen-bond acceptors (Lipinski definition) is 4. The Morgan fingerprint density at radius 3 is 2.00 bits per heavy atom. The van der Waals surface area contributed by atoms with E-state index in [0.29, 0.717) is 11.4 Å². The van der Waals surface area contributed by atoms with Gasteiger partial charge in [0, 0.05) is 16.3 Å². The van der Waals surface area contributed by atoms with E-state index in [1.54, 1.807) is 12.1 Å². The maximum Gasteiger partial charge on any atom is 0.262 e. The topological polar surface area (TPSA) is 67.4 Å². The molecule has 36 heavy (non-hydrogen) atoms. The van der Waals surface area contributed by atoms with E-state index < -0.39 is 5.25 Å². The van der Waals surface area contributed by atoms with Crippen LogP contribution in [0.3, 0.4) is 0 Å². The highest BCUT2D eigenvalue weighted by Crippen LogP contribution is 2.36. The Hall–Kier alpha value is -4.03. The molecule has 0 bridgehead atoms. The summed E-state index contributed by atoms with van der Waals surface area (Å²) in [4.78, 5) is 26.5. The van der Waals surface area contributed by atoms with Gasteiger partial charge in [-0.2, -0.15) is 0 Å². The smallest absolute Gasteiger partial charge is 0.262 e. The molecule has 4 aromatic carbocycles. The molecule has 182 valence electrons. The predicted octanol–water partition coefficient (Wildman–Crippen LogP) is 6.79. The summed E-state index contributed by atoms with van der Waals surface area (Å²) >= 11 is 1.46. The van der Waals surface area contributed by atoms with Crippen LogP contribution in [0.1, 0.15) is 21.9 Å². The van der Waals surface area contributed by atoms with Gasteiger partial charge in [-0.3, -0.25) is 9.59 Å². The summed E-state index contributed by atoms with van der Waals surface area (Å²) < 4.78 is 5.49. The van der Waals surface area contributed by atoms with E-state index in [1.165, 1.54) is 11.8 Å². The van der Waals surface area contributed by atoms with Crippen LogP contribution >= 0.6 is 11.8 Å². The van der Waals surface area contributed by atoms with E-state index in [-0.39, 0.29) is 18.4 Å². The second-order valence-corrected chi connectivity index (χ2v) is 9.63. The van der Waals surface area contributed by atoms with Gasteiger partial charge in [0.15, 0.2) is 6.61 Å². The monoisotopic (exact) mass is 496 g/mol. The maximum atomic E-state index is 13.3. The molecule has 1 unspecified atom stereocenters. The fourth-order valence-corrected chi connectivity index (χ4v) is 4.80. The van der Waals surface area contributed by atoms with E-state index in [9.17, 15) is 9.59 Å². The Morgan fingerprint density at radius 2 is 1.36 bits per heavy atom. The number of rotatable bonds is 9. The first-order chi connectivity index (χ1) is 17.5. The van der Waals surface area contributed by atoms with Gasteiger partial charge in [-0.25, -0.2) is 0 Å². The molecule has 0 saturated heterocycles. The Kier molecular flexibility index (Phi) is 8.42. The number of ether oxygens (including phenoxy) is 1. The van der Waals surface area contributed by atoms with Gasteiger partial charge in [0.25, 0.3) is 5.91 Å². The number of carbonyl (C=O) groups is 2. The summed E-state index contributed by atoms with van der Waals surface area (Å²) in [5.41, 5.74) is 4.56. The second kappa shape index (κ2) is 12.1. The van der Waals surface area contributed by atoms with Crippen molar-refractivity contribution < 1.29 is 14.3 Å². The number of hydrogen-bond donors (Lipinski definition) is 2. The van der Waals surface area contributed by atoms with Crippen LogP contribution in [0, 0.1) is 13.8 Å². The number of para-hydroxylation sites is 1. The third-order valence-electron chi connectivity index (χ3n) is 5.33. The molecular weight excluding hydrogens is 468 g/mol. The first-order valence-electron chi connectivity index (χ1n) is 11.6. The van der Waals surface area contributed by atoms with Crippen molar-refractivity contribution in [1.29, 1.82) is 0 Å². The molecule has 0 spiro atoms. The van der Waals surface area contributed by atoms with Crippen LogP contribution in [0.4, 0.5) is 11.4 Å². The van der Waals surface area contributed by atoms with Crippen molar-refractivity contribution in [2.75, 3.05) is 17.2 Å². The van der Waals surface area contributed by atoms with Crippen molar-refractivity contribution in [1.82, 2.24) is 0 Å². The van der Waals surface area contributed by atoms with Crippen molar-refractivity contribution in [3.8, 4) is 5.75 Å². The van der Waals surface area contributed by atoms with Gasteiger partial charge < -0.3 is 15.4 Å². The number of benzene rings is 4. The van der Waals surface area contributed by atoms with Crippen molar-refractivity contribution >= 4 is 35.0 Å². The second-order valence-electron chi connectivity index (χ2n) is 8.45. The minimum absolute atomic E-state index is 0.0742. The summed E-state index contributed by atoms with van der Waals surface area (Å²) in [5, 5.41) is 5.48. The van der Waals surface area contributed by atoms with Crippen LogP contribution in [-0.2, 0) is 9.59 Å². The van der Waals surface area contributed by atoms with E-state index in [0.717, 1.165) is 27.3 Å². The minimum atomic E-state index is -0.438. The molecule has 0 radical (unpaired) electrons. The average Bonchev–Trinajstić information content (AvgIpc) is 2.87. The Balaban J connectivity index is 1.42. The number of anilines is 2. The lowest BCUT2D eigenvalue weighted by atomic mass is 10.1. The molecule has 0 aromatic heterocycles. The number of aryl methyl sites for hydroxylation is 2. The zero-order valence-electron chi connectivity index (χ0n) is 20.2. The molecule has 4 rings (SSSR count). The lowest BCUT2D eigenvalue weighted by Crippen LogP contribution is -2.20. The Labute approximate surface area is 215 Å². The molecular formula is C30H28N2O3S. The molecule has 0 aliphatic heterocycles. The fourth-order valence-electron chi connectivity index (χ4n) is 3.77. The first-order valence-corrected chi connectivity index (χ1v) is 12.5. The quantitative estimate of drug-likeness (QED) is 0.250. The van der Waals surface area contributed by atoms with Crippen molar-refractivity contribution in [2.24, 2.45) is 0 Å². The molecule has 2 amide bonds. The lowest BCUT2D eigenvalue weighted by Gasteiger charge is -2.18. The minimum Gasteiger partial charge on any atom is -0.484 e. The van der Waals surface area contributed by atoms with Crippen LogP contribution in [-0.4, -0.2) is 18.4 Å². The molecule has 5 nitrogen and oxygen atoms in total. The van der Waals surface area contributed by atoms with Crippen LogP contribution in [0.15, 0.2) is 108 Å². The lowest BCUT2D eigenvalue weighted by molar-refractivity contribution is -0.118. The normalized spacial score (nSPS) is 11.4. The van der Waals surface area contributed by atoms with Gasteiger partial charge >= 0.3 is 0 Å². The molecule has 0 saturated carbocycles.